The molecule has 6 N–H and O–H groups in total. The zero-order chi connectivity index (χ0) is 33.7. The second-order valence-electron chi connectivity index (χ2n) is 13.0. The maximum Gasteiger partial charge on any atom is 0.296 e. The van der Waals surface area contributed by atoms with Crippen LogP contribution in [0.4, 0.5) is 28.4 Å². The highest BCUT2D eigenvalue weighted by Gasteiger charge is 2.46. The Morgan fingerprint density at radius 3 is 1.91 bits per heavy atom. The van der Waals surface area contributed by atoms with Crippen molar-refractivity contribution < 1.29 is 26.8 Å². The molecule has 0 amide bonds. The van der Waals surface area contributed by atoms with Gasteiger partial charge in [0.05, 0.1) is 36.3 Å². The van der Waals surface area contributed by atoms with Crippen LogP contribution >= 0.6 is 0 Å². The molecule has 47 heavy (non-hydrogen) atoms. The van der Waals surface area contributed by atoms with Crippen molar-refractivity contribution >= 4 is 48.1 Å². The minimum Gasteiger partial charge on any atom is -0.399 e. The maximum absolute atomic E-state index is 15.3. The Morgan fingerprint density at radius 2 is 1.38 bits per heavy atom. The molecule has 254 valence electrons. The molecule has 3 aromatic carbocycles. The Morgan fingerprint density at radius 1 is 0.830 bits per heavy atom. The van der Waals surface area contributed by atoms with Crippen molar-refractivity contribution in [3.63, 3.8) is 0 Å². The van der Waals surface area contributed by atoms with Crippen molar-refractivity contribution in [1.82, 2.24) is 9.80 Å². The van der Waals surface area contributed by atoms with Crippen LogP contribution in [0.15, 0.2) is 51.1 Å². The first-order valence-electron chi connectivity index (χ1n) is 15.6. The van der Waals surface area contributed by atoms with E-state index in [0.717, 1.165) is 33.6 Å². The Balaban J connectivity index is 1.54. The van der Waals surface area contributed by atoms with Crippen LogP contribution in [0.2, 0.25) is 0 Å². The predicted molar refractivity (Wildman–Crippen MR) is 182 cm³/mol. The molecule has 0 unspecified atom stereocenters. The average molecular weight is 687 g/mol. The number of hydrogen-bond acceptors (Lipinski definition) is 12. The molecule has 0 radical (unpaired) electrons. The zero-order valence-corrected chi connectivity index (χ0v) is 28.6. The van der Waals surface area contributed by atoms with E-state index in [-0.39, 0.29) is 34.4 Å². The molecule has 2 bridgehead atoms. The molecule has 0 saturated carbocycles. The van der Waals surface area contributed by atoms with Crippen LogP contribution in [0, 0.1) is 0 Å². The van der Waals surface area contributed by atoms with Crippen molar-refractivity contribution in [2.24, 2.45) is 5.14 Å². The summed E-state index contributed by atoms with van der Waals surface area (Å²) < 4.78 is 56.9. The molecule has 7 rings (SSSR count). The molecule has 0 saturated heterocycles. The molecule has 0 atom stereocenters. The molecule has 4 heterocycles. The second kappa shape index (κ2) is 10.8. The lowest BCUT2D eigenvalue weighted by Crippen LogP contribution is -2.53. The van der Waals surface area contributed by atoms with Crippen LogP contribution in [0.3, 0.4) is 0 Å². The number of benzene rings is 3. The molecule has 4 aliphatic rings. The van der Waals surface area contributed by atoms with Gasteiger partial charge in [-0.15, -0.1) is 4.33 Å². The van der Waals surface area contributed by atoms with Crippen LogP contribution in [0.5, 0.6) is 0 Å². The van der Waals surface area contributed by atoms with Gasteiger partial charge in [-0.1, -0.05) is 15.6 Å². The summed E-state index contributed by atoms with van der Waals surface area (Å²) in [5.41, 5.74) is 12.4. The summed E-state index contributed by atoms with van der Waals surface area (Å²) in [6.45, 7) is 8.43. The van der Waals surface area contributed by atoms with E-state index in [4.69, 9.17) is 15.2 Å². The number of anilines is 5. The summed E-state index contributed by atoms with van der Waals surface area (Å²) in [7, 11) is -5.80. The number of nitrogens with two attached hydrogens (primary N) is 2. The number of fused-ring (bicyclic) bond motifs is 10. The lowest BCUT2D eigenvalue weighted by Gasteiger charge is -2.52. The molecule has 0 fully saturated rings. The fourth-order valence-electron chi connectivity index (χ4n) is 7.89. The standard InChI is InChI=1S/C31H42N8O6S2/c1-5-36-17-34(3)13-20-10-26(46(41,42)43)30-24(28(20)36)15-39-19-38(30)16-25-29-21(14-35(4)18-37(29)6-2)11-27(31(25)39)47(33,44,45-40)23-9-7-8-22(32)12-23/h7-12,40H,5-6,13-19,32H2,1-4H3,(H2,33,44)(H,41,42,43). The molecule has 14 nitrogen and oxygen atoms in total. The minimum absolute atomic E-state index is 0.0363. The molecule has 16 heteroatoms. The van der Waals surface area contributed by atoms with Crippen molar-refractivity contribution in [3.05, 3.63) is 58.7 Å². The quantitative estimate of drug-likeness (QED) is 0.129. The molecular weight excluding hydrogens is 645 g/mol. The van der Waals surface area contributed by atoms with E-state index in [0.29, 0.717) is 56.6 Å². The smallest absolute Gasteiger partial charge is 0.296 e. The van der Waals surface area contributed by atoms with E-state index in [1.807, 2.05) is 30.8 Å². The summed E-state index contributed by atoms with van der Waals surface area (Å²) in [5, 5.41) is 17.4. The van der Waals surface area contributed by atoms with Crippen LogP contribution in [-0.4, -0.2) is 79.4 Å². The minimum atomic E-state index is -5.15. The first-order chi connectivity index (χ1) is 22.2. The third kappa shape index (κ3) is 4.81. The Hall–Kier alpha value is -3.48. The van der Waals surface area contributed by atoms with Gasteiger partial charge >= 0.3 is 0 Å². The average Bonchev–Trinajstić information content (AvgIpc) is 3.02. The molecular formula is C31H42N8O6S2. The highest BCUT2D eigenvalue weighted by molar-refractivity contribution is 8.14. The molecule has 0 aromatic heterocycles. The van der Waals surface area contributed by atoms with Crippen molar-refractivity contribution in [2.75, 3.05) is 72.5 Å². The summed E-state index contributed by atoms with van der Waals surface area (Å²) >= 11 is 0. The second-order valence-corrected chi connectivity index (χ2v) is 17.3. The summed E-state index contributed by atoms with van der Waals surface area (Å²) in [4.78, 5) is 12.6. The predicted octanol–water partition coefficient (Wildman–Crippen LogP) is 2.79. The van der Waals surface area contributed by atoms with E-state index in [9.17, 15) is 18.2 Å². The van der Waals surface area contributed by atoms with Gasteiger partial charge in [0.15, 0.2) is 0 Å². The molecule has 0 aliphatic carbocycles. The van der Waals surface area contributed by atoms with Gasteiger partial charge in [0.1, 0.15) is 9.79 Å². The Labute approximate surface area is 275 Å². The largest absolute Gasteiger partial charge is 0.399 e. The van der Waals surface area contributed by atoms with Gasteiger partial charge in [-0.2, -0.15) is 12.6 Å². The van der Waals surface area contributed by atoms with Crippen LogP contribution < -0.4 is 30.5 Å². The fraction of sp³-hybridized carbons (Fsp3) is 0.419. The molecule has 0 spiro atoms. The highest BCUT2D eigenvalue weighted by atomic mass is 32.3. The lowest BCUT2D eigenvalue weighted by atomic mass is 9.93. The van der Waals surface area contributed by atoms with Crippen molar-refractivity contribution in [1.29, 1.82) is 0 Å². The summed E-state index contributed by atoms with van der Waals surface area (Å²) in [6.07, 6.45) is 0. The molecule has 3 aromatic rings. The first-order valence-corrected chi connectivity index (χ1v) is 19.0. The third-order valence-electron chi connectivity index (χ3n) is 9.75. The first kappa shape index (κ1) is 32.1. The molecule has 4 aliphatic heterocycles. The SMILES string of the molecule is CCN1CN(C)Cc2cc(S(=O)(=O)O)c3c(c21)CN1CN3Cc2c3c(cc(S(N)(=O)(OO)c4cccc(N)c4)c21)CN(C)CN3CC. The van der Waals surface area contributed by atoms with Crippen molar-refractivity contribution in [2.45, 2.75) is 54.7 Å². The zero-order valence-electron chi connectivity index (χ0n) is 27.0. The number of nitrogen functional groups attached to an aromatic ring is 1. The highest BCUT2D eigenvalue weighted by Crippen LogP contribution is 2.55. The number of rotatable bonds is 6. The van der Waals surface area contributed by atoms with Gasteiger partial charge in [-0.25, -0.2) is 10.4 Å². The summed E-state index contributed by atoms with van der Waals surface area (Å²) in [5.74, 6) is 0. The van der Waals surface area contributed by atoms with Gasteiger partial charge in [-0.05, 0) is 69.4 Å². The van der Waals surface area contributed by atoms with Gasteiger partial charge in [0.2, 0.25) is 0 Å². The Bertz CT molecular complexity index is 1990. The van der Waals surface area contributed by atoms with Gasteiger partial charge < -0.3 is 25.3 Å². The third-order valence-corrected chi connectivity index (χ3v) is 13.2. The van der Waals surface area contributed by atoms with Crippen LogP contribution in [0.25, 0.3) is 0 Å². The van der Waals surface area contributed by atoms with E-state index in [1.165, 1.54) is 12.1 Å². The summed E-state index contributed by atoms with van der Waals surface area (Å²) in [6, 6.07) is 9.62. The van der Waals surface area contributed by atoms with Crippen LogP contribution in [0.1, 0.15) is 36.1 Å². The van der Waals surface area contributed by atoms with Gasteiger partial charge in [-0.3, -0.25) is 14.4 Å². The van der Waals surface area contributed by atoms with Gasteiger partial charge in [0, 0.05) is 67.5 Å². The van der Waals surface area contributed by atoms with E-state index >= 15 is 4.21 Å². The topological polar surface area (TPSA) is 172 Å². The van der Waals surface area contributed by atoms with Crippen LogP contribution in [-0.2, 0) is 50.2 Å². The van der Waals surface area contributed by atoms with Gasteiger partial charge in [0.25, 0.3) is 10.1 Å². The van der Waals surface area contributed by atoms with E-state index in [2.05, 4.69) is 26.5 Å². The number of hydrogen-bond donors (Lipinski definition) is 4. The van der Waals surface area contributed by atoms with Crippen molar-refractivity contribution in [3.8, 4) is 0 Å². The fourth-order valence-corrected chi connectivity index (χ4v) is 10.8. The normalized spacial score (nSPS) is 19.1. The maximum atomic E-state index is 15.3. The number of nitrogens with zero attached hydrogens (tertiary/aromatic N) is 6. The lowest BCUT2D eigenvalue weighted by molar-refractivity contribution is -0.134. The van der Waals surface area contributed by atoms with E-state index < -0.39 is 19.7 Å². The monoisotopic (exact) mass is 686 g/mol. The van der Waals surface area contributed by atoms with E-state index in [1.54, 1.807) is 24.3 Å². The Kier molecular flexibility index (Phi) is 7.35.